The van der Waals surface area contributed by atoms with E-state index in [1.165, 1.54) is 0 Å². The maximum Gasteiger partial charge on any atom is 0.417 e. The van der Waals surface area contributed by atoms with Gasteiger partial charge in [-0.15, -0.1) is 0 Å². The Morgan fingerprint density at radius 2 is 1.80 bits per heavy atom. The summed E-state index contributed by atoms with van der Waals surface area (Å²) in [7, 11) is 0. The number of carbonyl (C=O) groups is 1. The van der Waals surface area contributed by atoms with Crippen molar-refractivity contribution in [3.05, 3.63) is 78.0 Å². The number of aryl methyl sites for hydroxylation is 1. The summed E-state index contributed by atoms with van der Waals surface area (Å²) in [6, 6.07) is 21.3. The molecule has 0 saturated carbocycles. The van der Waals surface area contributed by atoms with E-state index in [1.807, 2.05) is 73.7 Å². The Bertz CT molecular complexity index is 1210. The summed E-state index contributed by atoms with van der Waals surface area (Å²) in [5.41, 5.74) is 3.31. The molecule has 0 bridgehead atoms. The van der Waals surface area contributed by atoms with Crippen molar-refractivity contribution in [1.29, 1.82) is 0 Å². The van der Waals surface area contributed by atoms with Gasteiger partial charge in [-0.3, -0.25) is 4.90 Å². The smallest absolute Gasteiger partial charge is 0.417 e. The standard InChI is InChI=1S/C23H20N4O3/c1-16-20-14-17-15-26(12-13-29-19-10-6-3-7-11-19)23(28)30-22(17)24-21(20)27(25-16)18-8-4-2-5-9-18/h2-11,14H,12-13,15H2,1H3. The van der Waals surface area contributed by atoms with Crippen LogP contribution in [0.1, 0.15) is 11.3 Å². The summed E-state index contributed by atoms with van der Waals surface area (Å²) in [6.07, 6.45) is -0.423. The summed E-state index contributed by atoms with van der Waals surface area (Å²) in [4.78, 5) is 18.7. The predicted molar refractivity (Wildman–Crippen MR) is 112 cm³/mol. The number of pyridine rings is 1. The first kappa shape index (κ1) is 18.2. The third-order valence-corrected chi connectivity index (χ3v) is 5.06. The van der Waals surface area contributed by atoms with Crippen molar-refractivity contribution in [3.8, 4) is 17.3 Å². The van der Waals surface area contributed by atoms with E-state index in [0.717, 1.165) is 28.1 Å². The highest BCUT2D eigenvalue weighted by Gasteiger charge is 2.27. The van der Waals surface area contributed by atoms with Crippen molar-refractivity contribution >= 4 is 17.1 Å². The highest BCUT2D eigenvalue weighted by molar-refractivity contribution is 5.83. The summed E-state index contributed by atoms with van der Waals surface area (Å²) in [5.74, 6) is 1.11. The summed E-state index contributed by atoms with van der Waals surface area (Å²) < 4.78 is 13.0. The number of hydrogen-bond donors (Lipinski definition) is 0. The number of rotatable bonds is 5. The average Bonchev–Trinajstić information content (AvgIpc) is 3.09. The minimum atomic E-state index is -0.423. The lowest BCUT2D eigenvalue weighted by atomic mass is 10.1. The zero-order chi connectivity index (χ0) is 20.5. The molecule has 30 heavy (non-hydrogen) atoms. The van der Waals surface area contributed by atoms with E-state index in [0.29, 0.717) is 31.2 Å². The monoisotopic (exact) mass is 400 g/mol. The predicted octanol–water partition coefficient (Wildman–Crippen LogP) is 4.12. The Morgan fingerprint density at radius 3 is 2.57 bits per heavy atom. The second kappa shape index (κ2) is 7.51. The molecule has 1 aliphatic heterocycles. The van der Waals surface area contributed by atoms with E-state index in [9.17, 15) is 4.79 Å². The molecule has 0 fully saturated rings. The fourth-order valence-corrected chi connectivity index (χ4v) is 3.54. The zero-order valence-electron chi connectivity index (χ0n) is 16.5. The lowest BCUT2D eigenvalue weighted by Gasteiger charge is -2.27. The van der Waals surface area contributed by atoms with E-state index in [2.05, 4.69) is 10.1 Å². The van der Waals surface area contributed by atoms with Crippen LogP contribution in [0.2, 0.25) is 0 Å². The van der Waals surface area contributed by atoms with Gasteiger partial charge in [0.2, 0.25) is 5.88 Å². The first-order valence-electron chi connectivity index (χ1n) is 9.78. The summed E-state index contributed by atoms with van der Waals surface area (Å²) in [5, 5.41) is 5.57. The molecule has 1 aliphatic rings. The SMILES string of the molecule is Cc1nn(-c2ccccc2)c2nc3c(cc12)CN(CCOc1ccccc1)C(=O)O3. The number of amides is 1. The van der Waals surface area contributed by atoms with Gasteiger partial charge in [0.05, 0.1) is 24.5 Å². The van der Waals surface area contributed by atoms with Crippen molar-refractivity contribution in [2.45, 2.75) is 13.5 Å². The molecule has 150 valence electrons. The van der Waals surface area contributed by atoms with Crippen molar-refractivity contribution in [2.24, 2.45) is 0 Å². The Balaban J connectivity index is 1.39. The fraction of sp³-hybridized carbons (Fsp3) is 0.174. The number of benzene rings is 2. The molecule has 5 rings (SSSR count). The third-order valence-electron chi connectivity index (χ3n) is 5.06. The van der Waals surface area contributed by atoms with Gasteiger partial charge in [-0.1, -0.05) is 36.4 Å². The van der Waals surface area contributed by atoms with Crippen LogP contribution in [0.15, 0.2) is 66.7 Å². The van der Waals surface area contributed by atoms with Gasteiger partial charge >= 0.3 is 6.09 Å². The first-order valence-corrected chi connectivity index (χ1v) is 9.78. The van der Waals surface area contributed by atoms with E-state index in [1.54, 1.807) is 9.58 Å². The largest absolute Gasteiger partial charge is 0.492 e. The molecule has 7 heteroatoms. The molecule has 0 radical (unpaired) electrons. The van der Waals surface area contributed by atoms with Gasteiger partial charge in [-0.2, -0.15) is 10.1 Å². The van der Waals surface area contributed by atoms with Crippen LogP contribution in [0.4, 0.5) is 4.79 Å². The van der Waals surface area contributed by atoms with Crippen LogP contribution in [0.25, 0.3) is 16.7 Å². The second-order valence-electron chi connectivity index (χ2n) is 7.11. The number of hydrogen-bond acceptors (Lipinski definition) is 5. The number of carbonyl (C=O) groups excluding carboxylic acids is 1. The van der Waals surface area contributed by atoms with Crippen molar-refractivity contribution in [1.82, 2.24) is 19.7 Å². The molecule has 0 saturated heterocycles. The minimum absolute atomic E-state index is 0.338. The van der Waals surface area contributed by atoms with Crippen molar-refractivity contribution in [2.75, 3.05) is 13.2 Å². The molecule has 7 nitrogen and oxygen atoms in total. The molecule has 1 amide bonds. The highest BCUT2D eigenvalue weighted by Crippen LogP contribution is 2.30. The Hall–Kier alpha value is -3.87. The average molecular weight is 400 g/mol. The van der Waals surface area contributed by atoms with Gasteiger partial charge < -0.3 is 9.47 Å². The van der Waals surface area contributed by atoms with Gasteiger partial charge in [-0.05, 0) is 37.3 Å². The highest BCUT2D eigenvalue weighted by atomic mass is 16.6. The normalized spacial score (nSPS) is 13.2. The van der Waals surface area contributed by atoms with Crippen LogP contribution in [0, 0.1) is 6.92 Å². The molecule has 4 aromatic rings. The van der Waals surface area contributed by atoms with Crippen molar-refractivity contribution in [3.63, 3.8) is 0 Å². The number of fused-ring (bicyclic) bond motifs is 2. The maximum absolute atomic E-state index is 12.5. The van der Waals surface area contributed by atoms with Crippen LogP contribution < -0.4 is 9.47 Å². The number of aromatic nitrogens is 3. The second-order valence-corrected chi connectivity index (χ2v) is 7.11. The van der Waals surface area contributed by atoms with Crippen LogP contribution in [0.3, 0.4) is 0 Å². The maximum atomic E-state index is 12.5. The van der Waals surface area contributed by atoms with Gasteiger partial charge in [0, 0.05) is 10.9 Å². The quantitative estimate of drug-likeness (QED) is 0.504. The van der Waals surface area contributed by atoms with Gasteiger partial charge in [0.15, 0.2) is 5.65 Å². The Labute approximate surface area is 173 Å². The molecule has 2 aromatic heterocycles. The molecule has 0 unspecified atom stereocenters. The van der Waals surface area contributed by atoms with E-state index in [4.69, 9.17) is 9.47 Å². The van der Waals surface area contributed by atoms with E-state index >= 15 is 0 Å². The first-order chi connectivity index (χ1) is 14.7. The molecule has 0 atom stereocenters. The van der Waals surface area contributed by atoms with Crippen LogP contribution in [-0.2, 0) is 6.54 Å². The van der Waals surface area contributed by atoms with Gasteiger partial charge in [-0.25, -0.2) is 9.48 Å². The number of para-hydroxylation sites is 2. The molecule has 0 N–H and O–H groups in total. The Morgan fingerprint density at radius 1 is 1.07 bits per heavy atom. The molecule has 3 heterocycles. The molecule has 2 aromatic carbocycles. The third kappa shape index (κ3) is 3.34. The molecular formula is C23H20N4O3. The molecule has 0 aliphatic carbocycles. The van der Waals surface area contributed by atoms with E-state index < -0.39 is 6.09 Å². The number of nitrogens with zero attached hydrogens (tertiary/aromatic N) is 4. The summed E-state index contributed by atoms with van der Waals surface area (Å²) in [6.45, 7) is 3.18. The topological polar surface area (TPSA) is 69.5 Å². The van der Waals surface area contributed by atoms with Crippen LogP contribution >= 0.6 is 0 Å². The molecule has 0 spiro atoms. The lowest BCUT2D eigenvalue weighted by molar-refractivity contribution is 0.126. The summed E-state index contributed by atoms with van der Waals surface area (Å²) >= 11 is 0. The molecular weight excluding hydrogens is 380 g/mol. The minimum Gasteiger partial charge on any atom is -0.492 e. The fourth-order valence-electron chi connectivity index (χ4n) is 3.54. The Kier molecular flexibility index (Phi) is 4.55. The van der Waals surface area contributed by atoms with Crippen LogP contribution in [0.5, 0.6) is 11.6 Å². The van der Waals surface area contributed by atoms with Gasteiger partial charge in [0.25, 0.3) is 0 Å². The number of ether oxygens (including phenoxy) is 2. The van der Waals surface area contributed by atoms with Gasteiger partial charge in [0.1, 0.15) is 12.4 Å². The van der Waals surface area contributed by atoms with Crippen molar-refractivity contribution < 1.29 is 14.3 Å². The van der Waals surface area contributed by atoms with E-state index in [-0.39, 0.29) is 0 Å². The zero-order valence-corrected chi connectivity index (χ0v) is 16.5. The van der Waals surface area contributed by atoms with Crippen LogP contribution in [-0.4, -0.2) is 38.9 Å². The lowest BCUT2D eigenvalue weighted by Crippen LogP contribution is -2.39.